The predicted molar refractivity (Wildman–Crippen MR) is 122 cm³/mol. The van der Waals surface area contributed by atoms with E-state index in [2.05, 4.69) is 20.6 Å². The summed E-state index contributed by atoms with van der Waals surface area (Å²) in [6.07, 6.45) is -2.37. The fourth-order valence-electron chi connectivity index (χ4n) is 2.87. The third-order valence-corrected chi connectivity index (χ3v) is 6.42. The highest BCUT2D eigenvalue weighted by atomic mass is 32.1. The van der Waals surface area contributed by atoms with E-state index < -0.39 is 42.1 Å². The summed E-state index contributed by atoms with van der Waals surface area (Å²) in [7, 11) is 0. The van der Waals surface area contributed by atoms with Crippen LogP contribution < -0.4 is 10.6 Å². The van der Waals surface area contributed by atoms with Crippen LogP contribution in [0.4, 0.5) is 0 Å². The Balaban J connectivity index is 1.73. The molecule has 4 atom stereocenters. The summed E-state index contributed by atoms with van der Waals surface area (Å²) in [6.45, 7) is 2.74. The average Bonchev–Trinajstić information content (AvgIpc) is 3.46. The van der Waals surface area contributed by atoms with Crippen LogP contribution in [0.5, 0.6) is 0 Å². The van der Waals surface area contributed by atoms with E-state index in [1.54, 1.807) is 5.38 Å². The maximum atomic E-state index is 12.9. The molecule has 5 N–H and O–H groups in total. The lowest BCUT2D eigenvalue weighted by Gasteiger charge is -2.25. The second kappa shape index (κ2) is 10.6. The van der Waals surface area contributed by atoms with Crippen LogP contribution in [0, 0.1) is 0 Å². The van der Waals surface area contributed by atoms with E-state index in [0.29, 0.717) is 5.01 Å². The number of amides is 2. The van der Waals surface area contributed by atoms with Crippen molar-refractivity contribution in [3.05, 3.63) is 57.5 Å². The molecular weight excluding hydrogens is 468 g/mol. The first kappa shape index (κ1) is 24.5. The molecule has 10 nitrogen and oxygen atoms in total. The van der Waals surface area contributed by atoms with Gasteiger partial charge in [0.2, 0.25) is 5.91 Å². The number of rotatable bonds is 9. The minimum Gasteiger partial charge on any atom is -0.476 e. The van der Waals surface area contributed by atoms with E-state index >= 15 is 0 Å². The molecule has 33 heavy (non-hydrogen) atoms. The zero-order valence-electron chi connectivity index (χ0n) is 17.6. The predicted octanol–water partition coefficient (Wildman–Crippen LogP) is 1.68. The van der Waals surface area contributed by atoms with Gasteiger partial charge in [-0.3, -0.25) is 9.59 Å². The number of carbonyl (C=O) groups excluding carboxylic acids is 2. The van der Waals surface area contributed by atoms with Crippen molar-refractivity contribution in [3.63, 3.8) is 0 Å². The molecule has 1 aromatic carbocycles. The lowest BCUT2D eigenvalue weighted by atomic mass is 10.1. The quantitative estimate of drug-likeness (QED) is 0.303. The van der Waals surface area contributed by atoms with Crippen LogP contribution in [0.3, 0.4) is 0 Å². The summed E-state index contributed by atoms with van der Waals surface area (Å²) in [5.74, 6) is -2.65. The van der Waals surface area contributed by atoms with Gasteiger partial charge < -0.3 is 26.0 Å². The zero-order chi connectivity index (χ0) is 24.1. The van der Waals surface area contributed by atoms with Crippen LogP contribution in [-0.4, -0.2) is 61.3 Å². The van der Waals surface area contributed by atoms with E-state index in [9.17, 15) is 24.6 Å². The first-order valence-corrected chi connectivity index (χ1v) is 11.6. The average molecular weight is 491 g/mol. The van der Waals surface area contributed by atoms with E-state index in [1.807, 2.05) is 30.3 Å². The van der Waals surface area contributed by atoms with Crippen LogP contribution in [0.15, 0.2) is 41.1 Å². The van der Waals surface area contributed by atoms with E-state index in [4.69, 9.17) is 5.11 Å². The van der Waals surface area contributed by atoms with Gasteiger partial charge in [-0.05, 0) is 13.8 Å². The Kier molecular flexibility index (Phi) is 7.87. The number of aliphatic hydroxyl groups excluding tert-OH is 2. The first-order valence-electron chi connectivity index (χ1n) is 9.84. The third kappa shape index (κ3) is 5.99. The van der Waals surface area contributed by atoms with Crippen LogP contribution in [0.1, 0.15) is 45.9 Å². The maximum Gasteiger partial charge on any atom is 0.355 e. The van der Waals surface area contributed by atoms with Crippen molar-refractivity contribution in [2.24, 2.45) is 0 Å². The number of nitrogens with one attached hydrogen (secondary N) is 2. The minimum absolute atomic E-state index is 0.0930. The summed E-state index contributed by atoms with van der Waals surface area (Å²) in [6, 6.07) is 6.91. The molecule has 2 heterocycles. The summed E-state index contributed by atoms with van der Waals surface area (Å²) in [5, 5.41) is 37.9. The molecule has 2 amide bonds. The Hall–Kier alpha value is -3.19. The lowest BCUT2D eigenvalue weighted by Crippen LogP contribution is -2.54. The van der Waals surface area contributed by atoms with Gasteiger partial charge in [-0.1, -0.05) is 30.3 Å². The SMILES string of the molecule is C[C@H](O)[C@@H](NC(=O)[C@@H](NC(=O)c1csc(-c2ccccc2)n1)[C@@H](C)O)c1nc(C(=O)O)cs1. The molecule has 0 aliphatic heterocycles. The highest BCUT2D eigenvalue weighted by molar-refractivity contribution is 7.13. The Labute approximate surface area is 197 Å². The molecule has 0 bridgehead atoms. The summed E-state index contributed by atoms with van der Waals surface area (Å²) in [4.78, 5) is 44.8. The number of carboxylic acids is 1. The van der Waals surface area contributed by atoms with Crippen molar-refractivity contribution in [2.75, 3.05) is 0 Å². The monoisotopic (exact) mass is 490 g/mol. The molecule has 12 heteroatoms. The molecule has 0 spiro atoms. The molecule has 3 rings (SSSR count). The van der Waals surface area contributed by atoms with Gasteiger partial charge in [-0.25, -0.2) is 14.8 Å². The number of carbonyl (C=O) groups is 3. The molecule has 0 radical (unpaired) electrons. The zero-order valence-corrected chi connectivity index (χ0v) is 19.3. The Bertz CT molecular complexity index is 1130. The van der Waals surface area contributed by atoms with Gasteiger partial charge in [0.05, 0.1) is 12.2 Å². The summed E-state index contributed by atoms with van der Waals surface area (Å²) >= 11 is 2.23. The summed E-state index contributed by atoms with van der Waals surface area (Å²) < 4.78 is 0. The number of nitrogens with zero attached hydrogens (tertiary/aromatic N) is 2. The normalized spacial score (nSPS) is 14.7. The number of carboxylic acid groups (broad SMARTS) is 1. The summed E-state index contributed by atoms with van der Waals surface area (Å²) in [5.41, 5.74) is 0.721. The van der Waals surface area contributed by atoms with Crippen molar-refractivity contribution in [3.8, 4) is 10.6 Å². The number of hydrogen-bond acceptors (Lipinski definition) is 9. The lowest BCUT2D eigenvalue weighted by molar-refractivity contribution is -0.126. The number of aromatic nitrogens is 2. The van der Waals surface area contributed by atoms with Gasteiger partial charge in [0.15, 0.2) is 5.69 Å². The Morgan fingerprint density at radius 2 is 1.58 bits per heavy atom. The third-order valence-electron chi connectivity index (χ3n) is 4.60. The van der Waals surface area contributed by atoms with Gasteiger partial charge in [0, 0.05) is 16.3 Å². The number of benzene rings is 1. The van der Waals surface area contributed by atoms with Crippen molar-refractivity contribution in [2.45, 2.75) is 38.1 Å². The van der Waals surface area contributed by atoms with Gasteiger partial charge >= 0.3 is 5.97 Å². The largest absolute Gasteiger partial charge is 0.476 e. The van der Waals surface area contributed by atoms with Crippen LogP contribution >= 0.6 is 22.7 Å². The number of hydrogen-bond donors (Lipinski definition) is 5. The highest BCUT2D eigenvalue weighted by Crippen LogP contribution is 2.24. The number of aliphatic hydroxyl groups is 2. The van der Waals surface area contributed by atoms with Crippen molar-refractivity contribution in [1.29, 1.82) is 0 Å². The van der Waals surface area contributed by atoms with Gasteiger partial charge in [0.1, 0.15) is 27.8 Å². The molecule has 2 aromatic heterocycles. The molecule has 0 unspecified atom stereocenters. The molecule has 0 fully saturated rings. The molecule has 0 saturated heterocycles. The Morgan fingerprint density at radius 3 is 2.15 bits per heavy atom. The standard InChI is InChI=1S/C21H22N4O6S2/c1-10(26)15(18(29)25-16(11(2)27)20-23-14(9-33-20)21(30)31)24-17(28)13-8-32-19(22-13)12-6-4-3-5-7-12/h3-11,15-16,26-27H,1-2H3,(H,24,28)(H,25,29)(H,30,31)/t10-,11+,15+,16-/m1/s1. The topological polar surface area (TPSA) is 162 Å². The highest BCUT2D eigenvalue weighted by Gasteiger charge is 2.31. The van der Waals surface area contributed by atoms with E-state index in [-0.39, 0.29) is 16.4 Å². The molecule has 3 aromatic rings. The van der Waals surface area contributed by atoms with Gasteiger partial charge in [0.25, 0.3) is 5.91 Å². The van der Waals surface area contributed by atoms with E-state index in [0.717, 1.165) is 16.9 Å². The van der Waals surface area contributed by atoms with Gasteiger partial charge in [-0.2, -0.15) is 0 Å². The molecule has 0 aliphatic rings. The van der Waals surface area contributed by atoms with Crippen molar-refractivity contribution < 1.29 is 29.7 Å². The molecular formula is C21H22N4O6S2. The maximum absolute atomic E-state index is 12.9. The van der Waals surface area contributed by atoms with Crippen LogP contribution in [0.25, 0.3) is 10.6 Å². The minimum atomic E-state index is -1.35. The van der Waals surface area contributed by atoms with Gasteiger partial charge in [-0.15, -0.1) is 22.7 Å². The van der Waals surface area contributed by atoms with Crippen LogP contribution in [-0.2, 0) is 4.79 Å². The second-order valence-corrected chi connectivity index (χ2v) is 8.95. The molecule has 174 valence electrons. The van der Waals surface area contributed by atoms with E-state index in [1.165, 1.54) is 30.6 Å². The first-order chi connectivity index (χ1) is 15.7. The second-order valence-electron chi connectivity index (χ2n) is 7.20. The van der Waals surface area contributed by atoms with Crippen LogP contribution in [0.2, 0.25) is 0 Å². The smallest absolute Gasteiger partial charge is 0.355 e. The molecule has 0 aliphatic carbocycles. The fraction of sp³-hybridized carbons (Fsp3) is 0.286. The number of thiazole rings is 2. The van der Waals surface area contributed by atoms with Crippen molar-refractivity contribution >= 4 is 40.5 Å². The number of aromatic carboxylic acids is 1. The Morgan fingerprint density at radius 1 is 0.909 bits per heavy atom. The molecule has 0 saturated carbocycles. The fourth-order valence-corrected chi connectivity index (χ4v) is 4.62. The van der Waals surface area contributed by atoms with Crippen molar-refractivity contribution in [1.82, 2.24) is 20.6 Å².